The van der Waals surface area contributed by atoms with E-state index in [1.165, 1.54) is 10.4 Å². The van der Waals surface area contributed by atoms with E-state index in [2.05, 4.69) is 6.07 Å². The van der Waals surface area contributed by atoms with Crippen LogP contribution in [-0.4, -0.2) is 19.3 Å². The molecule has 5 nitrogen and oxygen atoms in total. The molecular formula is C21H19N3O2S. The minimum atomic E-state index is -3.78. The highest BCUT2D eigenvalue weighted by molar-refractivity contribution is 7.89. The van der Waals surface area contributed by atoms with Crippen molar-refractivity contribution in [3.8, 4) is 12.1 Å². The quantitative estimate of drug-likeness (QED) is 0.760. The van der Waals surface area contributed by atoms with Gasteiger partial charge in [-0.2, -0.15) is 14.8 Å². The molecule has 3 rings (SSSR count). The second kappa shape index (κ2) is 7.75. The van der Waals surface area contributed by atoms with Crippen molar-refractivity contribution in [1.82, 2.24) is 4.31 Å². The zero-order valence-electron chi connectivity index (χ0n) is 14.9. The van der Waals surface area contributed by atoms with Crippen LogP contribution in [-0.2, 0) is 10.0 Å². The van der Waals surface area contributed by atoms with Crippen molar-refractivity contribution in [2.24, 2.45) is 5.92 Å². The minimum absolute atomic E-state index is 0.163. The summed E-state index contributed by atoms with van der Waals surface area (Å²) in [7, 11) is -3.78. The Balaban J connectivity index is 2.14. The molecule has 0 radical (unpaired) electrons. The highest BCUT2D eigenvalue weighted by Crippen LogP contribution is 2.44. The van der Waals surface area contributed by atoms with Crippen LogP contribution in [0.4, 0.5) is 0 Å². The molecule has 0 aliphatic carbocycles. The van der Waals surface area contributed by atoms with Crippen molar-refractivity contribution in [3.63, 3.8) is 0 Å². The van der Waals surface area contributed by atoms with Crippen molar-refractivity contribution < 1.29 is 8.42 Å². The fraction of sp³-hybridized carbons (Fsp3) is 0.238. The maximum Gasteiger partial charge on any atom is 0.243 e. The van der Waals surface area contributed by atoms with Crippen LogP contribution >= 0.6 is 0 Å². The Bertz CT molecular complexity index is 1030. The number of allylic oxidation sites excluding steroid dienone is 1. The minimum Gasteiger partial charge on any atom is -0.207 e. The van der Waals surface area contributed by atoms with E-state index in [4.69, 9.17) is 0 Å². The van der Waals surface area contributed by atoms with E-state index < -0.39 is 16.1 Å². The molecular weight excluding hydrogens is 358 g/mol. The number of benzene rings is 2. The fourth-order valence-electron chi connectivity index (χ4n) is 3.46. The molecule has 1 aliphatic heterocycles. The molecule has 1 aliphatic rings. The molecule has 0 N–H and O–H groups in total. The molecule has 27 heavy (non-hydrogen) atoms. The SMILES string of the molecule is Cc1ccc(S(=O)(=O)N2CC(CC#N)/C(=C\C#N)C2c2ccccc2)cc1. The number of nitriles is 2. The van der Waals surface area contributed by atoms with Gasteiger partial charge in [0.2, 0.25) is 10.0 Å². The first kappa shape index (κ1) is 18.8. The molecule has 1 heterocycles. The molecule has 2 aromatic rings. The topological polar surface area (TPSA) is 85.0 Å². The lowest BCUT2D eigenvalue weighted by molar-refractivity contribution is 0.403. The van der Waals surface area contributed by atoms with Crippen LogP contribution in [0.5, 0.6) is 0 Å². The van der Waals surface area contributed by atoms with Crippen LogP contribution in [0.2, 0.25) is 0 Å². The molecule has 0 aromatic heterocycles. The first-order valence-corrected chi connectivity index (χ1v) is 10.0. The molecule has 1 fully saturated rings. The van der Waals surface area contributed by atoms with Gasteiger partial charge in [0.05, 0.1) is 23.1 Å². The van der Waals surface area contributed by atoms with Crippen LogP contribution in [0.3, 0.4) is 0 Å². The molecule has 0 amide bonds. The van der Waals surface area contributed by atoms with E-state index in [-0.39, 0.29) is 23.8 Å². The summed E-state index contributed by atoms with van der Waals surface area (Å²) in [5.41, 5.74) is 2.43. The van der Waals surface area contributed by atoms with Gasteiger partial charge in [-0.3, -0.25) is 0 Å². The van der Waals surface area contributed by atoms with Crippen LogP contribution in [0.1, 0.15) is 23.6 Å². The van der Waals surface area contributed by atoms with Gasteiger partial charge in [0.25, 0.3) is 0 Å². The van der Waals surface area contributed by atoms with Crippen molar-refractivity contribution in [1.29, 1.82) is 10.5 Å². The summed E-state index contributed by atoms with van der Waals surface area (Å²) in [4.78, 5) is 0.211. The molecule has 1 saturated heterocycles. The van der Waals surface area contributed by atoms with Gasteiger partial charge >= 0.3 is 0 Å². The zero-order valence-corrected chi connectivity index (χ0v) is 15.7. The van der Waals surface area contributed by atoms with Gasteiger partial charge in [-0.15, -0.1) is 0 Å². The van der Waals surface area contributed by atoms with Crippen LogP contribution in [0.25, 0.3) is 0 Å². The van der Waals surface area contributed by atoms with Crippen molar-refractivity contribution in [2.45, 2.75) is 24.3 Å². The Morgan fingerprint density at radius 1 is 1.11 bits per heavy atom. The van der Waals surface area contributed by atoms with Crippen molar-refractivity contribution in [2.75, 3.05) is 6.54 Å². The van der Waals surface area contributed by atoms with Gasteiger partial charge in [-0.25, -0.2) is 8.42 Å². The number of aryl methyl sites for hydroxylation is 1. The fourth-order valence-corrected chi connectivity index (χ4v) is 5.11. The lowest BCUT2D eigenvalue weighted by Gasteiger charge is -2.25. The third kappa shape index (κ3) is 3.64. The van der Waals surface area contributed by atoms with Gasteiger partial charge in [0, 0.05) is 25.0 Å². The normalized spacial score (nSPS) is 21.7. The van der Waals surface area contributed by atoms with Crippen LogP contribution in [0, 0.1) is 35.5 Å². The van der Waals surface area contributed by atoms with E-state index >= 15 is 0 Å². The Labute approximate surface area is 159 Å². The van der Waals surface area contributed by atoms with Crippen LogP contribution in [0.15, 0.2) is 71.1 Å². The number of hydrogen-bond acceptors (Lipinski definition) is 4. The third-order valence-corrected chi connectivity index (χ3v) is 6.63. The number of sulfonamides is 1. The molecule has 2 aromatic carbocycles. The van der Waals surface area contributed by atoms with E-state index in [9.17, 15) is 18.9 Å². The lowest BCUT2D eigenvalue weighted by atomic mass is 9.91. The van der Waals surface area contributed by atoms with Gasteiger partial charge < -0.3 is 0 Å². The Morgan fingerprint density at radius 2 is 1.78 bits per heavy atom. The Morgan fingerprint density at radius 3 is 2.37 bits per heavy atom. The maximum absolute atomic E-state index is 13.4. The molecule has 2 atom stereocenters. The third-order valence-electron chi connectivity index (χ3n) is 4.79. The molecule has 6 heteroatoms. The molecule has 0 bridgehead atoms. The monoisotopic (exact) mass is 377 g/mol. The molecule has 0 saturated carbocycles. The predicted octanol–water partition coefficient (Wildman–Crippen LogP) is 3.72. The summed E-state index contributed by atoms with van der Waals surface area (Å²) in [6, 6.07) is 19.5. The zero-order chi connectivity index (χ0) is 19.4. The first-order chi connectivity index (χ1) is 13.0. The number of hydrogen-bond donors (Lipinski definition) is 0. The van der Waals surface area contributed by atoms with E-state index in [1.54, 1.807) is 24.3 Å². The smallest absolute Gasteiger partial charge is 0.207 e. The van der Waals surface area contributed by atoms with Gasteiger partial charge in [-0.05, 0) is 30.2 Å². The highest BCUT2D eigenvalue weighted by Gasteiger charge is 2.44. The van der Waals surface area contributed by atoms with Crippen LogP contribution < -0.4 is 0 Å². The summed E-state index contributed by atoms with van der Waals surface area (Å²) in [5, 5.41) is 18.4. The van der Waals surface area contributed by atoms with E-state index in [0.717, 1.165) is 11.1 Å². The van der Waals surface area contributed by atoms with Gasteiger partial charge in [0.1, 0.15) is 0 Å². The summed E-state index contributed by atoms with van der Waals surface area (Å²) < 4.78 is 28.1. The molecule has 0 spiro atoms. The second-order valence-corrected chi connectivity index (χ2v) is 8.42. The standard InChI is InChI=1S/C21H19N3O2S/c1-16-7-9-19(10-8-16)27(25,26)24-15-18(11-13-22)20(12-14-23)21(24)17-5-3-2-4-6-17/h2-10,12,18,21H,11,15H2,1H3/b20-12+. The Kier molecular flexibility index (Phi) is 5.41. The summed E-state index contributed by atoms with van der Waals surface area (Å²) in [5.74, 6) is -0.305. The lowest BCUT2D eigenvalue weighted by Crippen LogP contribution is -2.31. The first-order valence-electron chi connectivity index (χ1n) is 8.59. The summed E-state index contributed by atoms with van der Waals surface area (Å²) in [6.07, 6.45) is 1.56. The average Bonchev–Trinajstić information content (AvgIpc) is 3.03. The van der Waals surface area contributed by atoms with E-state index in [1.807, 2.05) is 43.3 Å². The Hall–Kier alpha value is -2.93. The maximum atomic E-state index is 13.4. The van der Waals surface area contributed by atoms with Crippen molar-refractivity contribution in [3.05, 3.63) is 77.4 Å². The molecule has 136 valence electrons. The van der Waals surface area contributed by atoms with E-state index in [0.29, 0.717) is 5.57 Å². The highest BCUT2D eigenvalue weighted by atomic mass is 32.2. The second-order valence-electron chi connectivity index (χ2n) is 6.53. The number of rotatable bonds is 4. The molecule has 2 unspecified atom stereocenters. The van der Waals surface area contributed by atoms with Gasteiger partial charge in [0.15, 0.2) is 0 Å². The average molecular weight is 377 g/mol. The summed E-state index contributed by atoms with van der Waals surface area (Å²) in [6.45, 7) is 2.08. The largest absolute Gasteiger partial charge is 0.243 e. The van der Waals surface area contributed by atoms with Gasteiger partial charge in [-0.1, -0.05) is 48.0 Å². The predicted molar refractivity (Wildman–Crippen MR) is 102 cm³/mol. The van der Waals surface area contributed by atoms with Crippen molar-refractivity contribution >= 4 is 10.0 Å². The number of nitrogens with zero attached hydrogens (tertiary/aromatic N) is 3. The summed E-state index contributed by atoms with van der Waals surface area (Å²) >= 11 is 0.